The molecule has 0 fully saturated rings. The summed E-state index contributed by atoms with van der Waals surface area (Å²) >= 11 is 6.07. The number of fused-ring (bicyclic) bond motifs is 1. The molecule has 2 aromatic carbocycles. The Balaban J connectivity index is 1.73. The molecule has 0 saturated heterocycles. The summed E-state index contributed by atoms with van der Waals surface area (Å²) in [6.45, 7) is 0.112. The Bertz CT molecular complexity index is 893. The van der Waals surface area contributed by atoms with Gasteiger partial charge in [-0.1, -0.05) is 11.6 Å². The number of carbonyl (C=O) groups excluding carboxylic acids is 1. The highest BCUT2D eigenvalue weighted by Crippen LogP contribution is 2.36. The third-order valence-corrected chi connectivity index (χ3v) is 3.53. The van der Waals surface area contributed by atoms with Gasteiger partial charge in [-0.2, -0.15) is 10.4 Å². The first-order valence-corrected chi connectivity index (χ1v) is 7.08. The molecule has 0 aromatic heterocycles. The fourth-order valence-electron chi connectivity index (χ4n) is 2.02. The van der Waals surface area contributed by atoms with Crippen LogP contribution >= 0.6 is 11.6 Å². The monoisotopic (exact) mass is 345 g/mol. The van der Waals surface area contributed by atoms with Crippen LogP contribution in [-0.4, -0.2) is 18.9 Å². The van der Waals surface area contributed by atoms with E-state index >= 15 is 0 Å². The van der Waals surface area contributed by atoms with Crippen molar-refractivity contribution in [3.63, 3.8) is 0 Å². The van der Waals surface area contributed by atoms with Crippen molar-refractivity contribution >= 4 is 23.7 Å². The van der Waals surface area contributed by atoms with E-state index in [9.17, 15) is 9.18 Å². The number of rotatable bonds is 3. The maximum atomic E-state index is 13.7. The van der Waals surface area contributed by atoms with E-state index in [1.165, 1.54) is 18.3 Å². The van der Waals surface area contributed by atoms with Crippen molar-refractivity contribution < 1.29 is 18.7 Å². The molecular weight excluding hydrogens is 337 g/mol. The quantitative estimate of drug-likeness (QED) is 0.685. The molecule has 3 rings (SSSR count). The molecule has 6 nitrogen and oxygen atoms in total. The molecule has 0 spiro atoms. The number of halogens is 2. The first kappa shape index (κ1) is 15.8. The Kier molecular flexibility index (Phi) is 4.31. The first-order chi connectivity index (χ1) is 11.6. The topological polar surface area (TPSA) is 83.7 Å². The lowest BCUT2D eigenvalue weighted by Gasteiger charge is -2.03. The number of carbonyl (C=O) groups is 1. The van der Waals surface area contributed by atoms with Crippen LogP contribution in [0.5, 0.6) is 11.5 Å². The molecule has 0 saturated carbocycles. The maximum Gasteiger partial charge on any atom is 0.274 e. The van der Waals surface area contributed by atoms with Crippen molar-refractivity contribution in [3.8, 4) is 17.6 Å². The van der Waals surface area contributed by atoms with E-state index in [2.05, 4.69) is 10.5 Å². The Morgan fingerprint density at radius 3 is 2.79 bits per heavy atom. The number of nitriles is 1. The molecule has 0 bridgehead atoms. The predicted octanol–water partition coefficient (Wildman–Crippen LogP) is 2.84. The highest BCUT2D eigenvalue weighted by atomic mass is 35.5. The molecule has 0 aliphatic carbocycles. The molecule has 0 radical (unpaired) electrons. The lowest BCUT2D eigenvalue weighted by atomic mass is 10.1. The van der Waals surface area contributed by atoms with Crippen molar-refractivity contribution in [3.05, 3.63) is 57.9 Å². The number of ether oxygens (including phenoxy) is 2. The fraction of sp³-hybridized carbons (Fsp3) is 0.0625. The van der Waals surface area contributed by atoms with Crippen LogP contribution in [0.15, 0.2) is 35.4 Å². The number of amides is 1. The normalized spacial score (nSPS) is 12.2. The minimum Gasteiger partial charge on any atom is -0.454 e. The van der Waals surface area contributed by atoms with Gasteiger partial charge in [0.25, 0.3) is 5.91 Å². The Hall–Kier alpha value is -3.11. The summed E-state index contributed by atoms with van der Waals surface area (Å²) < 4.78 is 24.1. The largest absolute Gasteiger partial charge is 0.454 e. The Labute approximate surface area is 141 Å². The van der Waals surface area contributed by atoms with Gasteiger partial charge in [0.05, 0.1) is 28.4 Å². The maximum absolute atomic E-state index is 13.7. The van der Waals surface area contributed by atoms with Gasteiger partial charge in [0.1, 0.15) is 5.82 Å². The zero-order chi connectivity index (χ0) is 17.1. The van der Waals surface area contributed by atoms with E-state index in [0.717, 1.165) is 6.07 Å². The van der Waals surface area contributed by atoms with Gasteiger partial charge in [-0.05, 0) is 24.3 Å². The minimum absolute atomic E-state index is 0.112. The van der Waals surface area contributed by atoms with Crippen molar-refractivity contribution in [2.24, 2.45) is 5.10 Å². The van der Waals surface area contributed by atoms with Crippen molar-refractivity contribution in [2.75, 3.05) is 6.79 Å². The number of benzene rings is 2. The van der Waals surface area contributed by atoms with Crippen molar-refractivity contribution in [2.45, 2.75) is 0 Å². The van der Waals surface area contributed by atoms with Gasteiger partial charge in [-0.15, -0.1) is 0 Å². The van der Waals surface area contributed by atoms with Crippen molar-refractivity contribution in [1.29, 1.82) is 5.26 Å². The van der Waals surface area contributed by atoms with Crippen LogP contribution in [0.1, 0.15) is 21.5 Å². The van der Waals surface area contributed by atoms with Crippen molar-refractivity contribution in [1.82, 2.24) is 5.43 Å². The standard InChI is InChI=1S/C16H9ClFN3O3/c17-12-5-15-14(23-8-24-15)4-10(12)7-20-21-16(22)11-2-1-9(6-19)3-13(11)18/h1-5,7H,8H2,(H,21,22)/b20-7+. The second-order valence-corrected chi connectivity index (χ2v) is 5.14. The van der Waals surface area contributed by atoms with Crippen LogP contribution in [0.2, 0.25) is 5.02 Å². The highest BCUT2D eigenvalue weighted by molar-refractivity contribution is 6.33. The van der Waals surface area contributed by atoms with E-state index in [0.29, 0.717) is 22.1 Å². The molecule has 1 aliphatic heterocycles. The summed E-state index contributed by atoms with van der Waals surface area (Å²) in [5, 5.41) is 12.8. The van der Waals surface area contributed by atoms with E-state index in [1.807, 2.05) is 0 Å². The van der Waals surface area contributed by atoms with E-state index < -0.39 is 11.7 Å². The van der Waals surface area contributed by atoms with Crippen LogP contribution in [0.3, 0.4) is 0 Å². The van der Waals surface area contributed by atoms with Crippen LogP contribution in [0.25, 0.3) is 0 Å². The van der Waals surface area contributed by atoms with Crippen LogP contribution in [0.4, 0.5) is 4.39 Å². The SMILES string of the molecule is N#Cc1ccc(C(=O)N/N=C/c2cc3c(cc2Cl)OCO3)c(F)c1. The minimum atomic E-state index is -0.803. The molecule has 1 amide bonds. The molecule has 1 heterocycles. The van der Waals surface area contributed by atoms with Crippen LogP contribution in [0, 0.1) is 17.1 Å². The van der Waals surface area contributed by atoms with Gasteiger partial charge in [-0.3, -0.25) is 4.79 Å². The van der Waals surface area contributed by atoms with Gasteiger partial charge < -0.3 is 9.47 Å². The summed E-state index contributed by atoms with van der Waals surface area (Å²) in [6.07, 6.45) is 1.31. The number of hydrazone groups is 1. The summed E-state index contributed by atoms with van der Waals surface area (Å²) in [6, 6.07) is 8.52. The number of hydrogen-bond acceptors (Lipinski definition) is 5. The first-order valence-electron chi connectivity index (χ1n) is 6.70. The molecular formula is C16H9ClFN3O3. The molecule has 120 valence electrons. The van der Waals surface area contributed by atoms with Crippen LogP contribution < -0.4 is 14.9 Å². The number of nitrogens with one attached hydrogen (secondary N) is 1. The average Bonchev–Trinajstić information content (AvgIpc) is 3.01. The van der Waals surface area contributed by atoms with Crippen LogP contribution in [-0.2, 0) is 0 Å². The highest BCUT2D eigenvalue weighted by Gasteiger charge is 2.16. The fourth-order valence-corrected chi connectivity index (χ4v) is 2.22. The third-order valence-electron chi connectivity index (χ3n) is 3.20. The number of hydrogen-bond donors (Lipinski definition) is 1. The Morgan fingerprint density at radius 1 is 1.33 bits per heavy atom. The zero-order valence-corrected chi connectivity index (χ0v) is 12.8. The van der Waals surface area contributed by atoms with Gasteiger partial charge in [0.15, 0.2) is 11.5 Å². The Morgan fingerprint density at radius 2 is 2.08 bits per heavy atom. The van der Waals surface area contributed by atoms with E-state index in [4.69, 9.17) is 26.3 Å². The summed E-state index contributed by atoms with van der Waals surface area (Å²) in [4.78, 5) is 11.9. The summed E-state index contributed by atoms with van der Waals surface area (Å²) in [5.41, 5.74) is 2.60. The van der Waals surface area contributed by atoms with E-state index in [-0.39, 0.29) is 17.9 Å². The zero-order valence-electron chi connectivity index (χ0n) is 12.0. The molecule has 2 aromatic rings. The van der Waals surface area contributed by atoms with Gasteiger partial charge in [0.2, 0.25) is 6.79 Å². The average molecular weight is 346 g/mol. The second kappa shape index (κ2) is 6.56. The van der Waals surface area contributed by atoms with E-state index in [1.54, 1.807) is 18.2 Å². The number of nitrogens with zero attached hydrogens (tertiary/aromatic N) is 2. The van der Waals surface area contributed by atoms with Gasteiger partial charge in [0, 0.05) is 11.6 Å². The summed E-state index contributed by atoms with van der Waals surface area (Å²) in [5.74, 6) is -0.501. The molecule has 0 unspecified atom stereocenters. The molecule has 1 aliphatic rings. The molecule has 24 heavy (non-hydrogen) atoms. The lowest BCUT2D eigenvalue weighted by molar-refractivity contribution is 0.0951. The molecule has 1 N–H and O–H groups in total. The van der Waals surface area contributed by atoms with Gasteiger partial charge >= 0.3 is 0 Å². The second-order valence-electron chi connectivity index (χ2n) is 4.73. The third kappa shape index (κ3) is 3.14. The molecule has 0 atom stereocenters. The predicted molar refractivity (Wildman–Crippen MR) is 83.8 cm³/mol. The smallest absolute Gasteiger partial charge is 0.274 e. The van der Waals surface area contributed by atoms with Gasteiger partial charge in [-0.25, -0.2) is 9.82 Å². The lowest BCUT2D eigenvalue weighted by Crippen LogP contribution is -2.19. The summed E-state index contributed by atoms with van der Waals surface area (Å²) in [7, 11) is 0. The molecule has 8 heteroatoms.